The molecule has 6 heteroatoms. The number of hydrogen-bond acceptors (Lipinski definition) is 5. The van der Waals surface area contributed by atoms with Gasteiger partial charge in [0.2, 0.25) is 0 Å². The van der Waals surface area contributed by atoms with Crippen LogP contribution in [0.2, 0.25) is 0 Å². The Kier molecular flexibility index (Phi) is 5.50. The van der Waals surface area contributed by atoms with Gasteiger partial charge in [0.15, 0.2) is 11.5 Å². The average Bonchev–Trinajstić information content (AvgIpc) is 2.53. The van der Waals surface area contributed by atoms with Crippen molar-refractivity contribution in [3.63, 3.8) is 0 Å². The number of carbonyl (C=O) groups excluding carboxylic acids is 1. The fraction of sp³-hybridized carbons (Fsp3) is 0.667. The van der Waals surface area contributed by atoms with Crippen molar-refractivity contribution in [3.05, 3.63) is 17.8 Å². The second kappa shape index (κ2) is 7.36. The van der Waals surface area contributed by atoms with E-state index in [0.29, 0.717) is 18.3 Å². The monoisotopic (exact) mass is 291 g/mol. The van der Waals surface area contributed by atoms with Gasteiger partial charge in [-0.05, 0) is 25.0 Å². The van der Waals surface area contributed by atoms with Gasteiger partial charge in [-0.1, -0.05) is 19.3 Å². The van der Waals surface area contributed by atoms with E-state index in [1.165, 1.54) is 37.0 Å². The third kappa shape index (κ3) is 3.91. The van der Waals surface area contributed by atoms with Gasteiger partial charge in [0.05, 0.1) is 0 Å². The molecule has 1 amide bonds. The molecular formula is C15H25N5O. The van der Waals surface area contributed by atoms with Crippen LogP contribution in [0.1, 0.15) is 42.6 Å². The summed E-state index contributed by atoms with van der Waals surface area (Å²) in [4.78, 5) is 15.6. The lowest BCUT2D eigenvalue weighted by Gasteiger charge is -2.34. The summed E-state index contributed by atoms with van der Waals surface area (Å²) < 4.78 is 0. The summed E-state index contributed by atoms with van der Waals surface area (Å²) in [6.07, 6.45) is 6.20. The highest BCUT2D eigenvalue weighted by Crippen LogP contribution is 2.25. The number of carbonyl (C=O) groups is 1. The van der Waals surface area contributed by atoms with Gasteiger partial charge in [-0.15, -0.1) is 10.2 Å². The van der Waals surface area contributed by atoms with Crippen LogP contribution in [-0.2, 0) is 0 Å². The fourth-order valence-electron chi connectivity index (χ4n) is 2.84. The second-order valence-electron chi connectivity index (χ2n) is 5.75. The summed E-state index contributed by atoms with van der Waals surface area (Å²) in [7, 11) is 3.42. The Balaban J connectivity index is 2.14. The molecule has 1 aromatic heterocycles. The van der Waals surface area contributed by atoms with E-state index in [0.717, 1.165) is 12.4 Å². The molecular weight excluding hydrogens is 266 g/mol. The normalized spacial score (nSPS) is 15.8. The lowest BCUT2D eigenvalue weighted by Crippen LogP contribution is -2.40. The van der Waals surface area contributed by atoms with Crippen molar-refractivity contribution in [2.75, 3.05) is 32.1 Å². The van der Waals surface area contributed by atoms with Gasteiger partial charge in [0.25, 0.3) is 5.91 Å². The van der Waals surface area contributed by atoms with Crippen LogP contribution in [0.5, 0.6) is 0 Å². The highest BCUT2D eigenvalue weighted by molar-refractivity contribution is 5.91. The minimum absolute atomic E-state index is 0.128. The van der Waals surface area contributed by atoms with Crippen molar-refractivity contribution < 1.29 is 4.79 Å². The van der Waals surface area contributed by atoms with Crippen molar-refractivity contribution >= 4 is 11.7 Å². The standard InChI is InChI=1S/C15H25N5O/c1-19(2)15(21)13-8-9-14(18-17-13)20(11-10-16)12-6-4-3-5-7-12/h8-9,12H,3-7,10-11,16H2,1-2H3. The van der Waals surface area contributed by atoms with Gasteiger partial charge in [-0.2, -0.15) is 0 Å². The number of rotatable bonds is 5. The molecule has 1 saturated carbocycles. The molecule has 116 valence electrons. The van der Waals surface area contributed by atoms with Gasteiger partial charge >= 0.3 is 0 Å². The molecule has 2 N–H and O–H groups in total. The smallest absolute Gasteiger partial charge is 0.273 e. The Morgan fingerprint density at radius 3 is 2.48 bits per heavy atom. The number of anilines is 1. The molecule has 1 fully saturated rings. The van der Waals surface area contributed by atoms with Crippen molar-refractivity contribution in [3.8, 4) is 0 Å². The molecule has 0 bridgehead atoms. The van der Waals surface area contributed by atoms with E-state index in [2.05, 4.69) is 15.1 Å². The van der Waals surface area contributed by atoms with Crippen LogP contribution < -0.4 is 10.6 Å². The molecule has 0 unspecified atom stereocenters. The summed E-state index contributed by atoms with van der Waals surface area (Å²) in [6.45, 7) is 1.37. The Morgan fingerprint density at radius 2 is 1.95 bits per heavy atom. The highest BCUT2D eigenvalue weighted by Gasteiger charge is 2.22. The quantitative estimate of drug-likeness (QED) is 0.884. The molecule has 0 atom stereocenters. The van der Waals surface area contributed by atoms with E-state index < -0.39 is 0 Å². The molecule has 1 aliphatic carbocycles. The summed E-state index contributed by atoms with van der Waals surface area (Å²) >= 11 is 0. The fourth-order valence-corrected chi connectivity index (χ4v) is 2.84. The van der Waals surface area contributed by atoms with Crippen LogP contribution in [0.4, 0.5) is 5.82 Å². The number of amides is 1. The minimum atomic E-state index is -0.128. The maximum absolute atomic E-state index is 11.8. The molecule has 0 spiro atoms. The van der Waals surface area contributed by atoms with Crippen molar-refractivity contribution in [2.45, 2.75) is 38.1 Å². The lowest BCUT2D eigenvalue weighted by atomic mass is 9.94. The van der Waals surface area contributed by atoms with Crippen molar-refractivity contribution in [1.82, 2.24) is 15.1 Å². The number of aromatic nitrogens is 2. The van der Waals surface area contributed by atoms with Crippen LogP contribution in [0.3, 0.4) is 0 Å². The number of hydrogen-bond donors (Lipinski definition) is 1. The molecule has 21 heavy (non-hydrogen) atoms. The third-order valence-electron chi connectivity index (χ3n) is 3.96. The molecule has 2 rings (SSSR count). The lowest BCUT2D eigenvalue weighted by molar-refractivity contribution is 0.0821. The van der Waals surface area contributed by atoms with E-state index in [1.807, 2.05) is 6.07 Å². The van der Waals surface area contributed by atoms with Gasteiger partial charge in [-0.25, -0.2) is 0 Å². The average molecular weight is 291 g/mol. The topological polar surface area (TPSA) is 75.4 Å². The first kappa shape index (κ1) is 15.7. The molecule has 1 aromatic rings. The second-order valence-corrected chi connectivity index (χ2v) is 5.75. The van der Waals surface area contributed by atoms with Crippen LogP contribution in [-0.4, -0.2) is 54.2 Å². The molecule has 0 aromatic carbocycles. The van der Waals surface area contributed by atoms with Crippen LogP contribution in [0.25, 0.3) is 0 Å². The van der Waals surface area contributed by atoms with Gasteiger partial charge in [0, 0.05) is 33.2 Å². The highest BCUT2D eigenvalue weighted by atomic mass is 16.2. The first-order valence-electron chi connectivity index (χ1n) is 7.65. The molecule has 6 nitrogen and oxygen atoms in total. The maximum atomic E-state index is 11.8. The predicted molar refractivity (Wildman–Crippen MR) is 83.3 cm³/mol. The number of nitrogens with zero attached hydrogens (tertiary/aromatic N) is 4. The van der Waals surface area contributed by atoms with Crippen LogP contribution in [0.15, 0.2) is 12.1 Å². The van der Waals surface area contributed by atoms with E-state index >= 15 is 0 Å². The predicted octanol–water partition coefficient (Wildman–Crippen LogP) is 1.28. The van der Waals surface area contributed by atoms with Gasteiger partial charge in [0.1, 0.15) is 0 Å². The zero-order valence-electron chi connectivity index (χ0n) is 13.0. The molecule has 0 aliphatic heterocycles. The summed E-state index contributed by atoms with van der Waals surface area (Å²) in [6, 6.07) is 4.12. The first-order chi connectivity index (χ1) is 10.1. The Labute approximate surface area is 126 Å². The Morgan fingerprint density at radius 1 is 1.24 bits per heavy atom. The molecule has 1 heterocycles. The van der Waals surface area contributed by atoms with Crippen LogP contribution >= 0.6 is 0 Å². The zero-order valence-corrected chi connectivity index (χ0v) is 13.0. The van der Waals surface area contributed by atoms with E-state index in [-0.39, 0.29) is 5.91 Å². The number of nitrogens with two attached hydrogens (primary N) is 1. The van der Waals surface area contributed by atoms with E-state index in [1.54, 1.807) is 20.2 Å². The van der Waals surface area contributed by atoms with Gasteiger partial charge in [-0.3, -0.25) is 4.79 Å². The van der Waals surface area contributed by atoms with E-state index in [9.17, 15) is 4.79 Å². The first-order valence-corrected chi connectivity index (χ1v) is 7.65. The SMILES string of the molecule is CN(C)C(=O)c1ccc(N(CCN)C2CCCCC2)nn1. The Bertz CT molecular complexity index is 454. The summed E-state index contributed by atoms with van der Waals surface area (Å²) in [5.41, 5.74) is 6.12. The molecule has 0 saturated heterocycles. The summed E-state index contributed by atoms with van der Waals surface area (Å²) in [5, 5.41) is 8.32. The largest absolute Gasteiger partial charge is 0.351 e. The maximum Gasteiger partial charge on any atom is 0.273 e. The van der Waals surface area contributed by atoms with Gasteiger partial charge < -0.3 is 15.5 Å². The summed E-state index contributed by atoms with van der Waals surface area (Å²) in [5.74, 6) is 0.694. The van der Waals surface area contributed by atoms with E-state index in [4.69, 9.17) is 5.73 Å². The third-order valence-corrected chi connectivity index (χ3v) is 3.96. The van der Waals surface area contributed by atoms with Crippen molar-refractivity contribution in [2.24, 2.45) is 5.73 Å². The minimum Gasteiger partial charge on any atom is -0.351 e. The molecule has 0 radical (unpaired) electrons. The Hall–Kier alpha value is -1.69. The molecule has 1 aliphatic rings. The zero-order chi connectivity index (χ0) is 15.2. The van der Waals surface area contributed by atoms with Crippen molar-refractivity contribution in [1.29, 1.82) is 0 Å². The van der Waals surface area contributed by atoms with Crippen LogP contribution in [0, 0.1) is 0 Å².